The van der Waals surface area contributed by atoms with Crippen molar-refractivity contribution in [1.82, 2.24) is 14.9 Å². The van der Waals surface area contributed by atoms with Crippen LogP contribution in [0.3, 0.4) is 0 Å². The lowest BCUT2D eigenvalue weighted by Gasteiger charge is -2.36. The molecule has 1 fully saturated rings. The summed E-state index contributed by atoms with van der Waals surface area (Å²) in [6, 6.07) is 33.8. The summed E-state index contributed by atoms with van der Waals surface area (Å²) in [5.41, 5.74) is 3.76. The number of nitrogens with one attached hydrogen (secondary N) is 1. The topological polar surface area (TPSA) is 87.7 Å². The summed E-state index contributed by atoms with van der Waals surface area (Å²) < 4.78 is 77.0. The van der Waals surface area contributed by atoms with Crippen LogP contribution >= 0.6 is 23.4 Å². The zero-order valence-electron chi connectivity index (χ0n) is 28.8. The lowest BCUT2D eigenvalue weighted by Crippen LogP contribution is -2.46. The number of benzene rings is 5. The Morgan fingerprint density at radius 2 is 1.57 bits per heavy atom. The van der Waals surface area contributed by atoms with Crippen LogP contribution in [0.4, 0.5) is 24.7 Å². The average molecular weight is 790 g/mol. The molecule has 54 heavy (non-hydrogen) atoms. The van der Waals surface area contributed by atoms with Crippen LogP contribution < -0.4 is 14.4 Å². The monoisotopic (exact) mass is 789 g/mol. The van der Waals surface area contributed by atoms with Gasteiger partial charge in [-0.25, -0.2) is 18.4 Å². The summed E-state index contributed by atoms with van der Waals surface area (Å²) in [7, 11) is -4.47. The number of hydrogen-bond acceptors (Lipinski definition) is 8. The Bertz CT molecular complexity index is 2340. The van der Waals surface area contributed by atoms with Crippen LogP contribution in [-0.4, -0.2) is 61.8 Å². The number of fused-ring (bicyclic) bond motifs is 1. The molecule has 0 unspecified atom stereocenters. The second kappa shape index (κ2) is 16.3. The molecule has 7 rings (SSSR count). The van der Waals surface area contributed by atoms with E-state index in [0.717, 1.165) is 61.0 Å². The zero-order chi connectivity index (χ0) is 37.7. The number of alkyl halides is 3. The van der Waals surface area contributed by atoms with E-state index in [0.29, 0.717) is 27.7 Å². The van der Waals surface area contributed by atoms with E-state index in [2.05, 4.69) is 42.7 Å². The molecule has 0 radical (unpaired) electrons. The number of sulfonamides is 1. The maximum Gasteiger partial charge on any atom is 0.420 e. The Kier molecular flexibility index (Phi) is 11.3. The first-order valence-electron chi connectivity index (χ1n) is 17.1. The molecule has 0 bridgehead atoms. The van der Waals surface area contributed by atoms with Gasteiger partial charge < -0.3 is 9.64 Å². The predicted molar refractivity (Wildman–Crippen MR) is 209 cm³/mol. The number of ether oxygens (including phenoxy) is 1. The molecule has 5 aromatic carbocycles. The van der Waals surface area contributed by atoms with Gasteiger partial charge in [0.15, 0.2) is 5.82 Å². The first-order chi connectivity index (χ1) is 26.0. The fourth-order valence-electron chi connectivity index (χ4n) is 6.34. The fourth-order valence-corrected chi connectivity index (χ4v) is 8.27. The summed E-state index contributed by atoms with van der Waals surface area (Å²) in [6.45, 7) is 4.00. The molecular weight excluding hydrogens is 755 g/mol. The van der Waals surface area contributed by atoms with E-state index in [9.17, 15) is 21.6 Å². The summed E-state index contributed by atoms with van der Waals surface area (Å²) >= 11 is 7.55. The van der Waals surface area contributed by atoms with Crippen LogP contribution in [0.15, 0.2) is 131 Å². The van der Waals surface area contributed by atoms with Crippen molar-refractivity contribution in [3.63, 3.8) is 0 Å². The lowest BCUT2D eigenvalue weighted by molar-refractivity contribution is -0.139. The second-order valence-corrected chi connectivity index (χ2v) is 15.9. The van der Waals surface area contributed by atoms with Gasteiger partial charge in [-0.3, -0.25) is 9.62 Å². The lowest BCUT2D eigenvalue weighted by atomic mass is 9.99. The van der Waals surface area contributed by atoms with E-state index in [1.165, 1.54) is 29.2 Å². The molecule has 1 saturated heterocycles. The van der Waals surface area contributed by atoms with Gasteiger partial charge in [0.25, 0.3) is 10.0 Å². The van der Waals surface area contributed by atoms with Gasteiger partial charge in [0, 0.05) is 59.5 Å². The van der Waals surface area contributed by atoms with Gasteiger partial charge in [-0.05, 0) is 77.4 Å². The highest BCUT2D eigenvalue weighted by atomic mass is 35.5. The molecule has 6 aromatic rings. The van der Waals surface area contributed by atoms with Crippen molar-refractivity contribution in [2.45, 2.75) is 22.5 Å². The number of piperazine rings is 1. The van der Waals surface area contributed by atoms with Crippen LogP contribution in [0.25, 0.3) is 22.0 Å². The van der Waals surface area contributed by atoms with Crippen molar-refractivity contribution in [2.24, 2.45) is 0 Å². The molecule has 1 aromatic heterocycles. The third-order valence-corrected chi connectivity index (χ3v) is 11.6. The van der Waals surface area contributed by atoms with Gasteiger partial charge in [0.05, 0.1) is 22.6 Å². The largest absolute Gasteiger partial charge is 0.492 e. The van der Waals surface area contributed by atoms with Crippen LogP contribution in [0, 0.1) is 0 Å². The molecule has 1 aliphatic heterocycles. The van der Waals surface area contributed by atoms with Crippen molar-refractivity contribution in [2.75, 3.05) is 48.2 Å². The molecule has 8 nitrogen and oxygen atoms in total. The van der Waals surface area contributed by atoms with E-state index in [1.807, 2.05) is 72.8 Å². The van der Waals surface area contributed by atoms with Gasteiger partial charge in [-0.15, -0.1) is 11.8 Å². The summed E-state index contributed by atoms with van der Waals surface area (Å²) in [5, 5.41) is 1.11. The normalized spacial score (nSPS) is 14.0. The van der Waals surface area contributed by atoms with E-state index in [1.54, 1.807) is 6.07 Å². The van der Waals surface area contributed by atoms with Crippen molar-refractivity contribution in [1.29, 1.82) is 0 Å². The van der Waals surface area contributed by atoms with Crippen LogP contribution in [0.1, 0.15) is 11.1 Å². The minimum atomic E-state index is -4.85. The maximum atomic E-state index is 14.1. The number of aromatic nitrogens is 2. The smallest absolute Gasteiger partial charge is 0.420 e. The number of rotatable bonds is 12. The molecule has 278 valence electrons. The Balaban J connectivity index is 1.01. The predicted octanol–water partition coefficient (Wildman–Crippen LogP) is 9.26. The van der Waals surface area contributed by atoms with Gasteiger partial charge in [-0.2, -0.15) is 13.2 Å². The molecule has 0 aliphatic carbocycles. The summed E-state index contributed by atoms with van der Waals surface area (Å²) in [6.07, 6.45) is -3.62. The number of halogens is 4. The van der Waals surface area contributed by atoms with E-state index >= 15 is 0 Å². The average Bonchev–Trinajstić information content (AvgIpc) is 3.17. The van der Waals surface area contributed by atoms with E-state index in [-0.39, 0.29) is 12.4 Å². The molecule has 0 amide bonds. The number of thioether (sulfide) groups is 1. The van der Waals surface area contributed by atoms with Gasteiger partial charge in [0.2, 0.25) is 0 Å². The Labute approximate surface area is 321 Å². The highest BCUT2D eigenvalue weighted by Crippen LogP contribution is 2.38. The molecule has 0 atom stereocenters. The number of hydrogen-bond donors (Lipinski definition) is 1. The minimum absolute atomic E-state index is 0.00274. The van der Waals surface area contributed by atoms with Crippen LogP contribution in [0.5, 0.6) is 5.75 Å². The van der Waals surface area contributed by atoms with E-state index < -0.39 is 32.4 Å². The Morgan fingerprint density at radius 3 is 2.33 bits per heavy atom. The highest BCUT2D eigenvalue weighted by molar-refractivity contribution is 7.99. The zero-order valence-corrected chi connectivity index (χ0v) is 31.2. The van der Waals surface area contributed by atoms with E-state index in [4.69, 9.17) is 16.3 Å². The third kappa shape index (κ3) is 8.92. The Morgan fingerprint density at radius 1 is 0.833 bits per heavy atom. The van der Waals surface area contributed by atoms with Crippen molar-refractivity contribution >= 4 is 55.8 Å². The van der Waals surface area contributed by atoms with Gasteiger partial charge in [-0.1, -0.05) is 66.2 Å². The van der Waals surface area contributed by atoms with Crippen LogP contribution in [0.2, 0.25) is 5.02 Å². The standard InChI is InChI=1S/C40H35ClF3N5O3S2/c41-30-12-10-28(11-13-30)34-9-5-4-6-29(34)26-48-18-20-49(21-19-48)31-14-16-35-37(24-31)45-27-46-39(35)47-54(50,51)33-15-17-38(36(25-33)40(42,43)44)52-22-23-53-32-7-2-1-3-8-32/h1-17,24-25,27H,18-23,26H2,(H,45,46,47). The first kappa shape index (κ1) is 37.5. The minimum Gasteiger partial charge on any atom is -0.492 e. The molecule has 2 heterocycles. The molecule has 1 aliphatic rings. The SMILES string of the molecule is O=S(=O)(Nc1ncnc2cc(N3CCN(Cc4ccccc4-c4ccc(Cl)cc4)CC3)ccc12)c1ccc(OCCSc2ccccc2)c(C(F)(F)F)c1. The molecule has 14 heteroatoms. The molecular formula is C40H35ClF3N5O3S2. The van der Waals surface area contributed by atoms with Crippen molar-refractivity contribution < 1.29 is 26.3 Å². The van der Waals surface area contributed by atoms with Crippen molar-refractivity contribution in [3.8, 4) is 16.9 Å². The van der Waals surface area contributed by atoms with Crippen molar-refractivity contribution in [3.05, 3.63) is 138 Å². The van der Waals surface area contributed by atoms with Gasteiger partial charge in [0.1, 0.15) is 12.1 Å². The molecule has 1 N–H and O–H groups in total. The number of nitrogens with zero attached hydrogens (tertiary/aromatic N) is 4. The third-order valence-electron chi connectivity index (χ3n) is 9.07. The van der Waals surface area contributed by atoms with Gasteiger partial charge >= 0.3 is 6.18 Å². The quantitative estimate of drug-likeness (QED) is 0.0971. The highest BCUT2D eigenvalue weighted by Gasteiger charge is 2.36. The molecule has 0 spiro atoms. The molecule has 0 saturated carbocycles. The van der Waals surface area contributed by atoms with Crippen LogP contribution in [-0.2, 0) is 22.7 Å². The summed E-state index contributed by atoms with van der Waals surface area (Å²) in [4.78, 5) is 13.5. The maximum absolute atomic E-state index is 14.1. The fraction of sp³-hybridized carbons (Fsp3) is 0.200. The summed E-state index contributed by atoms with van der Waals surface area (Å²) in [5.74, 6) is -0.0797. The first-order valence-corrected chi connectivity index (χ1v) is 20.0. The number of anilines is 2. The second-order valence-electron chi connectivity index (χ2n) is 12.6. The Hall–Kier alpha value is -4.82.